The van der Waals surface area contributed by atoms with Crippen LogP contribution in [0.2, 0.25) is 0 Å². The highest BCUT2D eigenvalue weighted by Crippen LogP contribution is 2.36. The summed E-state index contributed by atoms with van der Waals surface area (Å²) in [5, 5.41) is 14.0. The fourth-order valence-corrected chi connectivity index (χ4v) is 3.81. The number of benzene rings is 2. The van der Waals surface area contributed by atoms with Gasteiger partial charge in [0.1, 0.15) is 17.1 Å². The van der Waals surface area contributed by atoms with Gasteiger partial charge in [0.25, 0.3) is 11.5 Å². The summed E-state index contributed by atoms with van der Waals surface area (Å²) in [6.45, 7) is 3.77. The lowest BCUT2D eigenvalue weighted by Crippen LogP contribution is -2.30. The van der Waals surface area contributed by atoms with Crippen LogP contribution in [-0.2, 0) is 6.42 Å². The highest BCUT2D eigenvalue weighted by molar-refractivity contribution is 6.09. The number of amides is 1. The van der Waals surface area contributed by atoms with Gasteiger partial charge < -0.3 is 19.7 Å². The molecule has 4 rings (SSSR count). The number of pyridine rings is 1. The standard InChI is InChI=1S/C21H20N2O4/c1-11-9-14(27-3)7-8-16(11)22-20(25)17-19(24)15-6-4-5-13-10-12(2)23(18(13)15)21(17)26/h4-9,12,24H,10H2,1-3H3,(H,22,25). The Kier molecular flexibility index (Phi) is 3.91. The average molecular weight is 364 g/mol. The van der Waals surface area contributed by atoms with E-state index in [0.717, 1.165) is 11.1 Å². The molecule has 1 aromatic heterocycles. The maximum Gasteiger partial charge on any atom is 0.268 e. The van der Waals surface area contributed by atoms with E-state index in [4.69, 9.17) is 4.74 Å². The predicted octanol–water partition coefficient (Wildman–Crippen LogP) is 3.39. The molecule has 1 atom stereocenters. The molecule has 1 unspecified atom stereocenters. The second-order valence-corrected chi connectivity index (χ2v) is 6.90. The summed E-state index contributed by atoms with van der Waals surface area (Å²) in [5.41, 5.74) is 2.37. The third kappa shape index (κ3) is 2.56. The molecule has 6 nitrogen and oxygen atoms in total. The minimum Gasteiger partial charge on any atom is -0.506 e. The molecule has 2 aromatic carbocycles. The molecule has 1 aliphatic heterocycles. The van der Waals surface area contributed by atoms with Crippen LogP contribution < -0.4 is 15.6 Å². The van der Waals surface area contributed by atoms with Gasteiger partial charge in [-0.25, -0.2) is 0 Å². The highest BCUT2D eigenvalue weighted by Gasteiger charge is 2.29. The largest absolute Gasteiger partial charge is 0.506 e. The van der Waals surface area contributed by atoms with Gasteiger partial charge in [-0.3, -0.25) is 9.59 Å². The Balaban J connectivity index is 1.83. The summed E-state index contributed by atoms with van der Waals surface area (Å²) in [4.78, 5) is 25.9. The molecule has 0 aliphatic carbocycles. The van der Waals surface area contributed by atoms with Crippen molar-refractivity contribution in [3.05, 3.63) is 63.4 Å². The van der Waals surface area contributed by atoms with Gasteiger partial charge in [0, 0.05) is 17.1 Å². The van der Waals surface area contributed by atoms with Gasteiger partial charge in [-0.2, -0.15) is 0 Å². The Morgan fingerprint density at radius 1 is 1.30 bits per heavy atom. The van der Waals surface area contributed by atoms with Crippen LogP contribution in [0.3, 0.4) is 0 Å². The zero-order chi connectivity index (χ0) is 19.3. The van der Waals surface area contributed by atoms with Crippen molar-refractivity contribution in [2.45, 2.75) is 26.3 Å². The minimum atomic E-state index is -0.624. The van der Waals surface area contributed by atoms with E-state index < -0.39 is 11.5 Å². The molecule has 1 aliphatic rings. The molecule has 0 radical (unpaired) electrons. The van der Waals surface area contributed by atoms with Gasteiger partial charge in [0.2, 0.25) is 0 Å². The molecule has 2 N–H and O–H groups in total. The Morgan fingerprint density at radius 2 is 2.07 bits per heavy atom. The van der Waals surface area contributed by atoms with Crippen molar-refractivity contribution in [2.24, 2.45) is 0 Å². The smallest absolute Gasteiger partial charge is 0.268 e. The van der Waals surface area contributed by atoms with Gasteiger partial charge in [0.05, 0.1) is 12.6 Å². The van der Waals surface area contributed by atoms with Crippen LogP contribution in [0.4, 0.5) is 5.69 Å². The van der Waals surface area contributed by atoms with Crippen LogP contribution in [0.5, 0.6) is 11.5 Å². The number of hydrogen-bond acceptors (Lipinski definition) is 4. The van der Waals surface area contributed by atoms with Gasteiger partial charge in [-0.15, -0.1) is 0 Å². The van der Waals surface area contributed by atoms with Gasteiger partial charge in [-0.1, -0.05) is 12.1 Å². The molecular formula is C21H20N2O4. The van der Waals surface area contributed by atoms with E-state index in [0.29, 0.717) is 28.8 Å². The summed E-state index contributed by atoms with van der Waals surface area (Å²) >= 11 is 0. The summed E-state index contributed by atoms with van der Waals surface area (Å²) in [6, 6.07) is 10.7. The Bertz CT molecular complexity index is 1150. The van der Waals surface area contributed by atoms with Gasteiger partial charge in [0.15, 0.2) is 0 Å². The lowest BCUT2D eigenvalue weighted by atomic mass is 10.1. The molecule has 138 valence electrons. The number of aryl methyl sites for hydroxylation is 1. The molecule has 6 heteroatoms. The fourth-order valence-electron chi connectivity index (χ4n) is 3.81. The van der Waals surface area contributed by atoms with Crippen molar-refractivity contribution in [3.63, 3.8) is 0 Å². The molecule has 3 aromatic rings. The summed E-state index contributed by atoms with van der Waals surface area (Å²) in [6.07, 6.45) is 0.703. The molecule has 0 saturated carbocycles. The number of para-hydroxylation sites is 1. The first-order valence-corrected chi connectivity index (χ1v) is 8.77. The summed E-state index contributed by atoms with van der Waals surface area (Å²) in [5.74, 6) is -0.222. The Morgan fingerprint density at radius 3 is 2.78 bits per heavy atom. The number of nitrogens with zero attached hydrogens (tertiary/aromatic N) is 1. The Labute approximate surface area is 156 Å². The highest BCUT2D eigenvalue weighted by atomic mass is 16.5. The molecule has 1 amide bonds. The number of anilines is 1. The van der Waals surface area contributed by atoms with Crippen LogP contribution in [0.15, 0.2) is 41.2 Å². The van der Waals surface area contributed by atoms with Crippen molar-refractivity contribution >= 4 is 22.5 Å². The zero-order valence-corrected chi connectivity index (χ0v) is 15.4. The maximum atomic E-state index is 13.0. The topological polar surface area (TPSA) is 80.6 Å². The summed E-state index contributed by atoms with van der Waals surface area (Å²) in [7, 11) is 1.57. The number of carbonyl (C=O) groups is 1. The second-order valence-electron chi connectivity index (χ2n) is 6.90. The fraction of sp³-hybridized carbons (Fsp3) is 0.238. The molecule has 27 heavy (non-hydrogen) atoms. The van der Waals surface area contributed by atoms with E-state index in [9.17, 15) is 14.7 Å². The average Bonchev–Trinajstić information content (AvgIpc) is 2.98. The van der Waals surface area contributed by atoms with E-state index in [1.54, 1.807) is 35.9 Å². The number of aromatic nitrogens is 1. The number of carbonyl (C=O) groups excluding carboxylic acids is 1. The van der Waals surface area contributed by atoms with Crippen LogP contribution in [0, 0.1) is 6.92 Å². The quantitative estimate of drug-likeness (QED) is 0.746. The molecule has 0 bridgehead atoms. The summed E-state index contributed by atoms with van der Waals surface area (Å²) < 4.78 is 6.78. The molecule has 0 spiro atoms. The number of methoxy groups -OCH3 is 1. The van der Waals surface area contributed by atoms with Crippen molar-refractivity contribution in [2.75, 3.05) is 12.4 Å². The van der Waals surface area contributed by atoms with Crippen LogP contribution in [0.1, 0.15) is 34.5 Å². The van der Waals surface area contributed by atoms with E-state index >= 15 is 0 Å². The van der Waals surface area contributed by atoms with Crippen LogP contribution >= 0.6 is 0 Å². The number of hydrogen-bond donors (Lipinski definition) is 2. The number of rotatable bonds is 3. The molecular weight excluding hydrogens is 344 g/mol. The first-order valence-electron chi connectivity index (χ1n) is 8.77. The SMILES string of the molecule is COc1ccc(NC(=O)c2c(O)c3cccc4c3n(c2=O)C(C)C4)c(C)c1. The predicted molar refractivity (Wildman–Crippen MR) is 104 cm³/mol. The lowest BCUT2D eigenvalue weighted by molar-refractivity contribution is 0.102. The first kappa shape index (κ1) is 17.1. The minimum absolute atomic E-state index is 0.0627. The first-order chi connectivity index (χ1) is 12.9. The van der Waals surface area contributed by atoms with Crippen molar-refractivity contribution in [1.82, 2.24) is 4.57 Å². The van der Waals surface area contributed by atoms with E-state index in [1.165, 1.54) is 0 Å². The van der Waals surface area contributed by atoms with Crippen LogP contribution in [-0.4, -0.2) is 22.7 Å². The van der Waals surface area contributed by atoms with E-state index in [2.05, 4.69) is 5.32 Å². The lowest BCUT2D eigenvalue weighted by Gasteiger charge is -2.15. The maximum absolute atomic E-state index is 13.0. The van der Waals surface area contributed by atoms with Crippen LogP contribution in [0.25, 0.3) is 10.9 Å². The number of aromatic hydroxyl groups is 1. The van der Waals surface area contributed by atoms with Crippen molar-refractivity contribution in [1.29, 1.82) is 0 Å². The third-order valence-corrected chi connectivity index (χ3v) is 5.15. The third-order valence-electron chi connectivity index (χ3n) is 5.15. The van der Waals surface area contributed by atoms with Crippen molar-refractivity contribution < 1.29 is 14.6 Å². The molecule has 0 saturated heterocycles. The monoisotopic (exact) mass is 364 g/mol. The molecule has 0 fully saturated rings. The number of ether oxygens (including phenoxy) is 1. The normalized spacial score (nSPS) is 15.1. The van der Waals surface area contributed by atoms with Crippen molar-refractivity contribution in [3.8, 4) is 11.5 Å². The van der Waals surface area contributed by atoms with E-state index in [-0.39, 0.29) is 17.4 Å². The van der Waals surface area contributed by atoms with Gasteiger partial charge in [-0.05, 0) is 55.7 Å². The van der Waals surface area contributed by atoms with E-state index in [1.807, 2.05) is 26.0 Å². The van der Waals surface area contributed by atoms with Gasteiger partial charge >= 0.3 is 0 Å². The second kappa shape index (κ2) is 6.16. The Hall–Kier alpha value is -3.28. The number of nitrogens with one attached hydrogen (secondary N) is 1. The zero-order valence-electron chi connectivity index (χ0n) is 15.4. The molecule has 2 heterocycles.